The van der Waals surface area contributed by atoms with Crippen LogP contribution in [0.1, 0.15) is 41.4 Å². The number of carbonyl (C=O) groups is 1. The SMILES string of the molecule is CCCCN(CCC(=O)c1ccc(Cl)s1)Cc1ccccc1. The fourth-order valence-corrected chi connectivity index (χ4v) is 3.35. The quantitative estimate of drug-likeness (QED) is 0.581. The maximum atomic E-state index is 12.2. The number of hydrogen-bond acceptors (Lipinski definition) is 3. The minimum Gasteiger partial charge on any atom is -0.299 e. The summed E-state index contributed by atoms with van der Waals surface area (Å²) in [7, 11) is 0. The lowest BCUT2D eigenvalue weighted by Crippen LogP contribution is -2.27. The van der Waals surface area contributed by atoms with E-state index in [2.05, 4.69) is 36.1 Å². The Morgan fingerprint density at radius 3 is 2.55 bits per heavy atom. The molecule has 0 bridgehead atoms. The van der Waals surface area contributed by atoms with Crippen molar-refractivity contribution < 1.29 is 4.79 Å². The zero-order valence-corrected chi connectivity index (χ0v) is 14.5. The van der Waals surface area contributed by atoms with Crippen LogP contribution in [0.3, 0.4) is 0 Å². The molecule has 4 heteroatoms. The van der Waals surface area contributed by atoms with Crippen LogP contribution in [-0.4, -0.2) is 23.8 Å². The van der Waals surface area contributed by atoms with Gasteiger partial charge < -0.3 is 0 Å². The van der Waals surface area contributed by atoms with E-state index in [-0.39, 0.29) is 5.78 Å². The Labute approximate surface area is 141 Å². The lowest BCUT2D eigenvalue weighted by Gasteiger charge is -2.21. The van der Waals surface area contributed by atoms with Gasteiger partial charge in [-0.25, -0.2) is 0 Å². The number of hydrogen-bond donors (Lipinski definition) is 0. The fourth-order valence-electron chi connectivity index (χ4n) is 2.34. The zero-order valence-electron chi connectivity index (χ0n) is 12.9. The van der Waals surface area contributed by atoms with Crippen LogP contribution in [0.15, 0.2) is 42.5 Å². The van der Waals surface area contributed by atoms with Crippen LogP contribution in [-0.2, 0) is 6.54 Å². The Morgan fingerprint density at radius 2 is 1.91 bits per heavy atom. The Kier molecular flexibility index (Phi) is 7.10. The van der Waals surface area contributed by atoms with Gasteiger partial charge in [-0.05, 0) is 30.7 Å². The minimum atomic E-state index is 0.187. The van der Waals surface area contributed by atoms with Gasteiger partial charge in [0.1, 0.15) is 0 Å². The van der Waals surface area contributed by atoms with Crippen LogP contribution >= 0.6 is 22.9 Å². The topological polar surface area (TPSA) is 20.3 Å². The van der Waals surface area contributed by atoms with Gasteiger partial charge >= 0.3 is 0 Å². The van der Waals surface area contributed by atoms with Crippen LogP contribution in [0.2, 0.25) is 4.34 Å². The molecule has 1 aromatic carbocycles. The summed E-state index contributed by atoms with van der Waals surface area (Å²) in [6.07, 6.45) is 2.87. The van der Waals surface area contributed by atoms with Crippen molar-refractivity contribution in [3.05, 3.63) is 57.2 Å². The highest BCUT2D eigenvalue weighted by molar-refractivity contribution is 7.18. The first-order valence-electron chi connectivity index (χ1n) is 7.74. The molecule has 0 atom stereocenters. The summed E-state index contributed by atoms with van der Waals surface area (Å²) in [4.78, 5) is 15.3. The molecule has 0 radical (unpaired) electrons. The number of benzene rings is 1. The van der Waals surface area contributed by atoms with Crippen molar-refractivity contribution in [1.29, 1.82) is 0 Å². The van der Waals surface area contributed by atoms with Crippen LogP contribution in [0.4, 0.5) is 0 Å². The van der Waals surface area contributed by atoms with Crippen LogP contribution in [0.5, 0.6) is 0 Å². The lowest BCUT2D eigenvalue weighted by atomic mass is 10.1. The highest BCUT2D eigenvalue weighted by Gasteiger charge is 2.12. The molecule has 0 amide bonds. The van der Waals surface area contributed by atoms with Crippen molar-refractivity contribution in [2.24, 2.45) is 0 Å². The van der Waals surface area contributed by atoms with E-state index in [0.29, 0.717) is 10.8 Å². The average Bonchev–Trinajstić information content (AvgIpc) is 2.97. The van der Waals surface area contributed by atoms with Crippen molar-refractivity contribution in [2.75, 3.05) is 13.1 Å². The number of carbonyl (C=O) groups excluding carboxylic acids is 1. The summed E-state index contributed by atoms with van der Waals surface area (Å²) in [5, 5.41) is 0. The largest absolute Gasteiger partial charge is 0.299 e. The molecule has 2 rings (SSSR count). The van der Waals surface area contributed by atoms with Crippen molar-refractivity contribution in [3.63, 3.8) is 0 Å². The summed E-state index contributed by atoms with van der Waals surface area (Å²) in [5.74, 6) is 0.187. The smallest absolute Gasteiger partial charge is 0.174 e. The van der Waals surface area contributed by atoms with Crippen molar-refractivity contribution in [1.82, 2.24) is 4.90 Å². The highest BCUT2D eigenvalue weighted by Crippen LogP contribution is 2.22. The highest BCUT2D eigenvalue weighted by atomic mass is 35.5. The average molecular weight is 336 g/mol. The number of nitrogens with zero attached hydrogens (tertiary/aromatic N) is 1. The van der Waals surface area contributed by atoms with Gasteiger partial charge in [-0.15, -0.1) is 11.3 Å². The van der Waals surface area contributed by atoms with Gasteiger partial charge in [-0.1, -0.05) is 55.3 Å². The Balaban J connectivity index is 1.90. The second kappa shape index (κ2) is 9.09. The minimum absolute atomic E-state index is 0.187. The second-order valence-corrected chi connectivity index (χ2v) is 7.11. The predicted octanol–water partition coefficient (Wildman–Crippen LogP) is 5.28. The van der Waals surface area contributed by atoms with E-state index >= 15 is 0 Å². The van der Waals surface area contributed by atoms with E-state index in [1.807, 2.05) is 12.1 Å². The van der Waals surface area contributed by atoms with E-state index in [1.165, 1.54) is 23.3 Å². The van der Waals surface area contributed by atoms with Crippen molar-refractivity contribution in [3.8, 4) is 0 Å². The van der Waals surface area contributed by atoms with Gasteiger partial charge in [-0.2, -0.15) is 0 Å². The number of rotatable bonds is 9. The van der Waals surface area contributed by atoms with Gasteiger partial charge in [0.25, 0.3) is 0 Å². The fraction of sp³-hybridized carbons (Fsp3) is 0.389. The molecule has 22 heavy (non-hydrogen) atoms. The normalized spacial score (nSPS) is 11.0. The maximum Gasteiger partial charge on any atom is 0.174 e. The predicted molar refractivity (Wildman–Crippen MR) is 94.9 cm³/mol. The number of thiophene rings is 1. The first kappa shape index (κ1) is 17.2. The molecule has 118 valence electrons. The molecule has 0 fully saturated rings. The molecule has 0 aliphatic heterocycles. The van der Waals surface area contributed by atoms with Gasteiger partial charge in [0.2, 0.25) is 0 Å². The monoisotopic (exact) mass is 335 g/mol. The summed E-state index contributed by atoms with van der Waals surface area (Å²) in [6.45, 7) is 4.92. The van der Waals surface area contributed by atoms with E-state index in [1.54, 1.807) is 6.07 Å². The third-order valence-corrected chi connectivity index (χ3v) is 4.85. The van der Waals surface area contributed by atoms with E-state index in [9.17, 15) is 4.79 Å². The van der Waals surface area contributed by atoms with E-state index in [0.717, 1.165) is 30.9 Å². The summed E-state index contributed by atoms with van der Waals surface area (Å²) < 4.78 is 0.676. The number of halogens is 1. The molecule has 1 aromatic heterocycles. The van der Waals surface area contributed by atoms with E-state index < -0.39 is 0 Å². The molecule has 0 aliphatic rings. The second-order valence-electron chi connectivity index (χ2n) is 5.39. The summed E-state index contributed by atoms with van der Waals surface area (Å²) in [5.41, 5.74) is 1.30. The van der Waals surface area contributed by atoms with Gasteiger partial charge in [0, 0.05) is 19.5 Å². The molecular weight excluding hydrogens is 314 g/mol. The van der Waals surface area contributed by atoms with Crippen molar-refractivity contribution >= 4 is 28.7 Å². The summed E-state index contributed by atoms with van der Waals surface area (Å²) in [6, 6.07) is 14.0. The Hall–Kier alpha value is -1.16. The molecule has 0 saturated carbocycles. The molecule has 0 spiro atoms. The van der Waals surface area contributed by atoms with Gasteiger partial charge in [-0.3, -0.25) is 9.69 Å². The zero-order chi connectivity index (χ0) is 15.8. The standard InChI is InChI=1S/C18H22ClNOS/c1-2-3-12-20(14-15-7-5-4-6-8-15)13-11-16(21)17-9-10-18(19)22-17/h4-10H,2-3,11-14H2,1H3. The third kappa shape index (κ3) is 5.56. The Morgan fingerprint density at radius 1 is 1.14 bits per heavy atom. The van der Waals surface area contributed by atoms with Gasteiger partial charge in [0.15, 0.2) is 5.78 Å². The molecule has 0 N–H and O–H groups in total. The molecule has 0 unspecified atom stereocenters. The van der Waals surface area contributed by atoms with Gasteiger partial charge in [0.05, 0.1) is 9.21 Å². The molecule has 0 aliphatic carbocycles. The molecule has 2 aromatic rings. The first-order valence-corrected chi connectivity index (χ1v) is 8.93. The molecule has 2 nitrogen and oxygen atoms in total. The molecule has 0 saturated heterocycles. The molecular formula is C18H22ClNOS. The van der Waals surface area contributed by atoms with E-state index in [4.69, 9.17) is 11.6 Å². The maximum absolute atomic E-state index is 12.2. The first-order chi connectivity index (χ1) is 10.7. The summed E-state index contributed by atoms with van der Waals surface area (Å²) >= 11 is 7.27. The Bertz CT molecular complexity index is 582. The van der Waals surface area contributed by atoms with Crippen LogP contribution < -0.4 is 0 Å². The van der Waals surface area contributed by atoms with Crippen LogP contribution in [0.25, 0.3) is 0 Å². The van der Waals surface area contributed by atoms with Crippen LogP contribution in [0, 0.1) is 0 Å². The number of Topliss-reactive ketones (excluding diaryl/α,β-unsaturated/α-hetero) is 1. The van der Waals surface area contributed by atoms with Crippen molar-refractivity contribution in [2.45, 2.75) is 32.7 Å². The molecule has 1 heterocycles. The lowest BCUT2D eigenvalue weighted by molar-refractivity contribution is 0.0965. The third-order valence-electron chi connectivity index (χ3n) is 3.58. The number of unbranched alkanes of at least 4 members (excludes halogenated alkanes) is 1. The number of ketones is 1.